The molecular formula is C13H22BrN3. The largest absolute Gasteiger partial charge is 0.310 e. The van der Waals surface area contributed by atoms with Gasteiger partial charge < -0.3 is 10.2 Å². The van der Waals surface area contributed by atoms with E-state index in [4.69, 9.17) is 0 Å². The minimum Gasteiger partial charge on any atom is -0.310 e. The number of hydrogen-bond donors (Lipinski definition) is 1. The molecule has 1 heterocycles. The lowest BCUT2D eigenvalue weighted by molar-refractivity contribution is 0.224. The first kappa shape index (κ1) is 14.6. The van der Waals surface area contributed by atoms with Crippen molar-refractivity contribution in [1.82, 2.24) is 15.2 Å². The molecule has 1 N–H and O–H groups in total. The molecule has 0 amide bonds. The standard InChI is InChI=1S/C13H22BrN3/c1-10(2)13(17(3)4)9-15-8-12-6-5-11(14)7-16-12/h5-7,10,13,15H,8-9H2,1-4H3. The van der Waals surface area contributed by atoms with Crippen LogP contribution in [-0.4, -0.2) is 36.6 Å². The van der Waals surface area contributed by atoms with Crippen LogP contribution in [0.4, 0.5) is 0 Å². The van der Waals surface area contributed by atoms with Crippen LogP contribution in [0.15, 0.2) is 22.8 Å². The summed E-state index contributed by atoms with van der Waals surface area (Å²) in [5, 5.41) is 3.46. The Kier molecular flexibility index (Phi) is 6.09. The molecule has 17 heavy (non-hydrogen) atoms. The molecule has 0 aliphatic heterocycles. The Hall–Kier alpha value is -0.450. The minimum absolute atomic E-state index is 0.561. The van der Waals surface area contributed by atoms with Crippen molar-refractivity contribution in [2.24, 2.45) is 5.92 Å². The fraction of sp³-hybridized carbons (Fsp3) is 0.615. The molecule has 0 fully saturated rings. The second-order valence-corrected chi connectivity index (χ2v) is 5.79. The van der Waals surface area contributed by atoms with Crippen LogP contribution in [-0.2, 0) is 6.54 Å². The van der Waals surface area contributed by atoms with Crippen LogP contribution in [0.3, 0.4) is 0 Å². The molecule has 0 bridgehead atoms. The maximum absolute atomic E-state index is 4.34. The zero-order valence-corrected chi connectivity index (χ0v) is 12.7. The van der Waals surface area contributed by atoms with Crippen molar-refractivity contribution in [2.45, 2.75) is 26.4 Å². The van der Waals surface area contributed by atoms with Crippen LogP contribution >= 0.6 is 15.9 Å². The third-order valence-corrected chi connectivity index (χ3v) is 3.35. The quantitative estimate of drug-likeness (QED) is 0.875. The Morgan fingerprint density at radius 3 is 2.53 bits per heavy atom. The average molecular weight is 300 g/mol. The molecule has 1 aromatic heterocycles. The van der Waals surface area contributed by atoms with Gasteiger partial charge in [0.1, 0.15) is 0 Å². The lowest BCUT2D eigenvalue weighted by Crippen LogP contribution is -2.41. The molecule has 0 saturated carbocycles. The Morgan fingerprint density at radius 1 is 1.35 bits per heavy atom. The molecular weight excluding hydrogens is 278 g/mol. The number of likely N-dealkylation sites (N-methyl/N-ethyl adjacent to an activating group) is 1. The van der Waals surface area contributed by atoms with Gasteiger partial charge in [0.25, 0.3) is 0 Å². The summed E-state index contributed by atoms with van der Waals surface area (Å²) in [5.74, 6) is 0.648. The summed E-state index contributed by atoms with van der Waals surface area (Å²) in [6, 6.07) is 4.62. The lowest BCUT2D eigenvalue weighted by Gasteiger charge is -2.28. The van der Waals surface area contributed by atoms with Crippen molar-refractivity contribution in [1.29, 1.82) is 0 Å². The van der Waals surface area contributed by atoms with Gasteiger partial charge in [-0.2, -0.15) is 0 Å². The van der Waals surface area contributed by atoms with E-state index in [1.807, 2.05) is 18.3 Å². The average Bonchev–Trinajstić information content (AvgIpc) is 2.25. The van der Waals surface area contributed by atoms with E-state index in [-0.39, 0.29) is 0 Å². The smallest absolute Gasteiger partial charge is 0.0542 e. The first-order chi connectivity index (χ1) is 8.00. The number of pyridine rings is 1. The fourth-order valence-corrected chi connectivity index (χ4v) is 2.11. The van der Waals surface area contributed by atoms with Crippen LogP contribution in [0.1, 0.15) is 19.5 Å². The summed E-state index contributed by atoms with van der Waals surface area (Å²) in [4.78, 5) is 6.61. The molecule has 0 aliphatic carbocycles. The molecule has 96 valence electrons. The first-order valence-corrected chi connectivity index (χ1v) is 6.77. The van der Waals surface area contributed by atoms with E-state index in [2.05, 4.69) is 59.1 Å². The van der Waals surface area contributed by atoms with E-state index in [9.17, 15) is 0 Å². The van der Waals surface area contributed by atoms with Gasteiger partial charge in [0, 0.05) is 29.8 Å². The molecule has 0 aliphatic rings. The number of nitrogens with zero attached hydrogens (tertiary/aromatic N) is 2. The molecule has 1 atom stereocenters. The third-order valence-electron chi connectivity index (χ3n) is 2.88. The Labute approximate surface area is 113 Å². The minimum atomic E-state index is 0.561. The van der Waals surface area contributed by atoms with E-state index >= 15 is 0 Å². The van der Waals surface area contributed by atoms with Crippen LogP contribution in [0.5, 0.6) is 0 Å². The van der Waals surface area contributed by atoms with Crippen LogP contribution in [0.2, 0.25) is 0 Å². The van der Waals surface area contributed by atoms with Crippen LogP contribution < -0.4 is 5.32 Å². The maximum Gasteiger partial charge on any atom is 0.0542 e. The van der Waals surface area contributed by atoms with Crippen molar-refractivity contribution in [3.8, 4) is 0 Å². The van der Waals surface area contributed by atoms with Crippen molar-refractivity contribution in [3.63, 3.8) is 0 Å². The van der Waals surface area contributed by atoms with Crippen LogP contribution in [0.25, 0.3) is 0 Å². The maximum atomic E-state index is 4.34. The zero-order valence-electron chi connectivity index (χ0n) is 11.1. The number of aromatic nitrogens is 1. The second kappa shape index (κ2) is 7.09. The molecule has 0 radical (unpaired) electrons. The van der Waals surface area contributed by atoms with Gasteiger partial charge in [0.05, 0.1) is 5.69 Å². The topological polar surface area (TPSA) is 28.2 Å². The van der Waals surface area contributed by atoms with Crippen molar-refractivity contribution >= 4 is 15.9 Å². The first-order valence-electron chi connectivity index (χ1n) is 5.98. The SMILES string of the molecule is CC(C)C(CNCc1ccc(Br)cn1)N(C)C. The van der Waals surface area contributed by atoms with E-state index in [1.165, 1.54) is 0 Å². The molecule has 1 aromatic rings. The third kappa shape index (κ3) is 5.15. The van der Waals surface area contributed by atoms with Gasteiger partial charge in [0.2, 0.25) is 0 Å². The van der Waals surface area contributed by atoms with Gasteiger partial charge in [-0.1, -0.05) is 13.8 Å². The summed E-state index contributed by atoms with van der Waals surface area (Å²) in [6.07, 6.45) is 1.84. The molecule has 1 rings (SSSR count). The molecule has 0 aromatic carbocycles. The Balaban J connectivity index is 2.38. The number of hydrogen-bond acceptors (Lipinski definition) is 3. The zero-order chi connectivity index (χ0) is 12.8. The fourth-order valence-electron chi connectivity index (χ4n) is 1.87. The number of nitrogens with one attached hydrogen (secondary N) is 1. The number of rotatable bonds is 6. The highest BCUT2D eigenvalue weighted by atomic mass is 79.9. The highest BCUT2D eigenvalue weighted by Gasteiger charge is 2.14. The highest BCUT2D eigenvalue weighted by molar-refractivity contribution is 9.10. The molecule has 0 spiro atoms. The molecule has 4 heteroatoms. The van der Waals surface area contributed by atoms with Gasteiger partial charge in [-0.25, -0.2) is 0 Å². The van der Waals surface area contributed by atoms with Crippen molar-refractivity contribution in [2.75, 3.05) is 20.6 Å². The summed E-state index contributed by atoms with van der Waals surface area (Å²) in [5.41, 5.74) is 1.08. The summed E-state index contributed by atoms with van der Waals surface area (Å²) in [7, 11) is 4.26. The van der Waals surface area contributed by atoms with Crippen molar-refractivity contribution < 1.29 is 0 Å². The van der Waals surface area contributed by atoms with E-state index in [0.29, 0.717) is 12.0 Å². The Bertz CT molecular complexity index is 314. The monoisotopic (exact) mass is 299 g/mol. The Morgan fingerprint density at radius 2 is 2.06 bits per heavy atom. The lowest BCUT2D eigenvalue weighted by atomic mass is 10.0. The van der Waals surface area contributed by atoms with Gasteiger partial charge >= 0.3 is 0 Å². The van der Waals surface area contributed by atoms with Crippen molar-refractivity contribution in [3.05, 3.63) is 28.5 Å². The normalized spacial score (nSPS) is 13.4. The second-order valence-electron chi connectivity index (χ2n) is 4.87. The summed E-state index contributed by atoms with van der Waals surface area (Å²) < 4.78 is 1.02. The van der Waals surface area contributed by atoms with E-state index in [1.54, 1.807) is 0 Å². The molecule has 0 saturated heterocycles. The molecule has 3 nitrogen and oxygen atoms in total. The highest BCUT2D eigenvalue weighted by Crippen LogP contribution is 2.08. The number of halogens is 1. The van der Waals surface area contributed by atoms with E-state index < -0.39 is 0 Å². The van der Waals surface area contributed by atoms with Gasteiger partial charge in [-0.15, -0.1) is 0 Å². The van der Waals surface area contributed by atoms with E-state index in [0.717, 1.165) is 23.3 Å². The van der Waals surface area contributed by atoms with Gasteiger partial charge in [-0.3, -0.25) is 4.98 Å². The van der Waals surface area contributed by atoms with Gasteiger partial charge in [-0.05, 0) is 48.1 Å². The summed E-state index contributed by atoms with van der Waals surface area (Å²) >= 11 is 3.39. The van der Waals surface area contributed by atoms with Crippen LogP contribution in [0, 0.1) is 5.92 Å². The van der Waals surface area contributed by atoms with Gasteiger partial charge in [0.15, 0.2) is 0 Å². The molecule has 1 unspecified atom stereocenters. The predicted octanol–water partition coefficient (Wildman–Crippen LogP) is 2.52. The summed E-state index contributed by atoms with van der Waals surface area (Å²) in [6.45, 7) is 6.32. The predicted molar refractivity (Wildman–Crippen MR) is 76.0 cm³/mol.